The van der Waals surface area contributed by atoms with Crippen molar-refractivity contribution in [3.63, 3.8) is 0 Å². The second kappa shape index (κ2) is 9.48. The van der Waals surface area contributed by atoms with Crippen LogP contribution in [0.1, 0.15) is 22.0 Å². The Labute approximate surface area is 168 Å². The number of likely N-dealkylation sites (N-methyl/N-ethyl adjacent to an activating group) is 1. The van der Waals surface area contributed by atoms with Crippen molar-refractivity contribution in [3.8, 4) is 0 Å². The molecule has 4 nitrogen and oxygen atoms in total. The smallest absolute Gasteiger partial charge is 0.254 e. The molecule has 0 aliphatic rings. The van der Waals surface area contributed by atoms with E-state index in [0.717, 1.165) is 10.5 Å². The minimum Gasteiger partial charge on any atom is -0.350 e. The number of carbonyl (C=O) groups is 1. The monoisotopic (exact) mass is 395 g/mol. The molecular weight excluding hydrogens is 373 g/mol. The molecule has 144 valence electrons. The minimum absolute atomic E-state index is 0.137. The second-order valence-corrected chi connectivity index (χ2v) is 7.58. The van der Waals surface area contributed by atoms with E-state index in [1.54, 1.807) is 24.4 Å². The van der Waals surface area contributed by atoms with Crippen molar-refractivity contribution in [1.82, 2.24) is 15.2 Å². The SMILES string of the molecule is CN(C)C(CNC(=O)c1cccnc1Sc1ccccc1)c1cccc(F)c1. The second-order valence-electron chi connectivity index (χ2n) is 6.52. The van der Waals surface area contributed by atoms with Crippen LogP contribution in [0.25, 0.3) is 0 Å². The Balaban J connectivity index is 1.74. The quantitative estimate of drug-likeness (QED) is 0.644. The summed E-state index contributed by atoms with van der Waals surface area (Å²) in [7, 11) is 3.81. The fourth-order valence-corrected chi connectivity index (χ4v) is 3.74. The summed E-state index contributed by atoms with van der Waals surface area (Å²) < 4.78 is 13.6. The van der Waals surface area contributed by atoms with Crippen molar-refractivity contribution in [1.29, 1.82) is 0 Å². The Kier molecular flexibility index (Phi) is 6.79. The lowest BCUT2D eigenvalue weighted by Gasteiger charge is -2.25. The van der Waals surface area contributed by atoms with E-state index < -0.39 is 0 Å². The van der Waals surface area contributed by atoms with Gasteiger partial charge in [0, 0.05) is 17.6 Å². The van der Waals surface area contributed by atoms with Crippen LogP contribution in [0.5, 0.6) is 0 Å². The summed E-state index contributed by atoms with van der Waals surface area (Å²) in [5.74, 6) is -0.487. The van der Waals surface area contributed by atoms with Crippen molar-refractivity contribution in [3.05, 3.63) is 89.9 Å². The molecule has 28 heavy (non-hydrogen) atoms. The molecule has 1 N–H and O–H groups in total. The topological polar surface area (TPSA) is 45.2 Å². The molecule has 0 saturated heterocycles. The Hall–Kier alpha value is -2.70. The van der Waals surface area contributed by atoms with Gasteiger partial charge in [-0.05, 0) is 56.1 Å². The highest BCUT2D eigenvalue weighted by Crippen LogP contribution is 2.28. The summed E-state index contributed by atoms with van der Waals surface area (Å²) in [6, 6.07) is 19.6. The summed E-state index contributed by atoms with van der Waals surface area (Å²) >= 11 is 1.45. The Morgan fingerprint density at radius 2 is 1.89 bits per heavy atom. The maximum atomic E-state index is 13.6. The van der Waals surface area contributed by atoms with E-state index in [1.165, 1.54) is 23.9 Å². The number of benzene rings is 2. The van der Waals surface area contributed by atoms with Crippen LogP contribution in [-0.2, 0) is 0 Å². The van der Waals surface area contributed by atoms with Gasteiger partial charge < -0.3 is 10.2 Å². The van der Waals surface area contributed by atoms with Crippen molar-refractivity contribution in [2.45, 2.75) is 16.0 Å². The van der Waals surface area contributed by atoms with Crippen LogP contribution in [0.2, 0.25) is 0 Å². The first-order valence-corrected chi connectivity index (χ1v) is 9.74. The molecule has 3 aromatic rings. The molecule has 1 heterocycles. The number of pyridine rings is 1. The van der Waals surface area contributed by atoms with Gasteiger partial charge in [-0.3, -0.25) is 4.79 Å². The summed E-state index contributed by atoms with van der Waals surface area (Å²) in [6.07, 6.45) is 1.68. The van der Waals surface area contributed by atoms with Gasteiger partial charge in [0.1, 0.15) is 10.8 Å². The average Bonchev–Trinajstić information content (AvgIpc) is 2.69. The van der Waals surface area contributed by atoms with Gasteiger partial charge in [0.2, 0.25) is 0 Å². The average molecular weight is 396 g/mol. The van der Waals surface area contributed by atoms with Crippen LogP contribution in [-0.4, -0.2) is 36.4 Å². The summed E-state index contributed by atoms with van der Waals surface area (Å²) in [5.41, 5.74) is 1.34. The number of halogens is 1. The number of rotatable bonds is 7. The van der Waals surface area contributed by atoms with E-state index in [2.05, 4.69) is 10.3 Å². The molecule has 3 rings (SSSR count). The number of nitrogens with one attached hydrogen (secondary N) is 1. The molecule has 0 spiro atoms. The zero-order valence-corrected chi connectivity index (χ0v) is 16.6. The molecule has 0 fully saturated rings. The molecule has 0 saturated carbocycles. The van der Waals surface area contributed by atoms with Gasteiger partial charge in [0.15, 0.2) is 0 Å². The van der Waals surface area contributed by atoms with Crippen molar-refractivity contribution in [2.24, 2.45) is 0 Å². The van der Waals surface area contributed by atoms with Crippen LogP contribution in [0, 0.1) is 5.82 Å². The molecule has 6 heteroatoms. The van der Waals surface area contributed by atoms with Crippen LogP contribution in [0.15, 0.2) is 82.8 Å². The number of hydrogen-bond donors (Lipinski definition) is 1. The first-order valence-electron chi connectivity index (χ1n) is 8.92. The normalized spacial score (nSPS) is 12.0. The van der Waals surface area contributed by atoms with E-state index in [-0.39, 0.29) is 17.8 Å². The molecule has 2 aromatic carbocycles. The third-order valence-electron chi connectivity index (χ3n) is 4.29. The van der Waals surface area contributed by atoms with E-state index in [9.17, 15) is 9.18 Å². The number of carbonyl (C=O) groups excluding carboxylic acids is 1. The molecule has 0 aliphatic heterocycles. The third kappa shape index (κ3) is 5.18. The number of amides is 1. The first-order chi connectivity index (χ1) is 13.5. The van der Waals surface area contributed by atoms with E-state index in [1.807, 2.05) is 55.4 Å². The zero-order chi connectivity index (χ0) is 19.9. The van der Waals surface area contributed by atoms with Gasteiger partial charge in [0.25, 0.3) is 5.91 Å². The Morgan fingerprint density at radius 1 is 1.11 bits per heavy atom. The van der Waals surface area contributed by atoms with Gasteiger partial charge >= 0.3 is 0 Å². The van der Waals surface area contributed by atoms with Crippen molar-refractivity contribution < 1.29 is 9.18 Å². The molecule has 0 bridgehead atoms. The van der Waals surface area contributed by atoms with Crippen LogP contribution < -0.4 is 5.32 Å². The molecule has 1 atom stereocenters. The summed E-state index contributed by atoms with van der Waals surface area (Å²) in [4.78, 5) is 20.2. The maximum Gasteiger partial charge on any atom is 0.254 e. The highest BCUT2D eigenvalue weighted by atomic mass is 32.2. The Morgan fingerprint density at radius 3 is 2.61 bits per heavy atom. The van der Waals surface area contributed by atoms with Crippen molar-refractivity contribution >= 4 is 17.7 Å². The molecular formula is C22H22FN3OS. The molecule has 1 aromatic heterocycles. The Bertz CT molecular complexity index is 934. The fourth-order valence-electron chi connectivity index (χ4n) is 2.84. The number of aromatic nitrogens is 1. The minimum atomic E-state index is -0.288. The summed E-state index contributed by atoms with van der Waals surface area (Å²) in [6.45, 7) is 0.361. The molecule has 1 amide bonds. The van der Waals surface area contributed by atoms with Crippen LogP contribution >= 0.6 is 11.8 Å². The fraction of sp³-hybridized carbons (Fsp3) is 0.182. The van der Waals surface area contributed by atoms with Crippen LogP contribution in [0.4, 0.5) is 4.39 Å². The highest BCUT2D eigenvalue weighted by Gasteiger charge is 2.18. The van der Waals surface area contributed by atoms with Gasteiger partial charge in [-0.25, -0.2) is 9.37 Å². The lowest BCUT2D eigenvalue weighted by molar-refractivity contribution is 0.0938. The predicted molar refractivity (Wildman–Crippen MR) is 110 cm³/mol. The van der Waals surface area contributed by atoms with Gasteiger partial charge in [-0.15, -0.1) is 0 Å². The first kappa shape index (κ1) is 20.0. The highest BCUT2D eigenvalue weighted by molar-refractivity contribution is 7.99. The van der Waals surface area contributed by atoms with Crippen LogP contribution in [0.3, 0.4) is 0 Å². The maximum absolute atomic E-state index is 13.6. The lowest BCUT2D eigenvalue weighted by Crippen LogP contribution is -2.34. The zero-order valence-electron chi connectivity index (χ0n) is 15.8. The largest absolute Gasteiger partial charge is 0.350 e. The number of nitrogens with zero attached hydrogens (tertiary/aromatic N) is 2. The lowest BCUT2D eigenvalue weighted by atomic mass is 10.1. The molecule has 0 radical (unpaired) electrons. The predicted octanol–water partition coefficient (Wildman–Crippen LogP) is 4.40. The molecule has 1 unspecified atom stereocenters. The summed E-state index contributed by atoms with van der Waals surface area (Å²) in [5, 5.41) is 3.62. The van der Waals surface area contributed by atoms with E-state index in [0.29, 0.717) is 17.1 Å². The van der Waals surface area contributed by atoms with E-state index >= 15 is 0 Å². The standard InChI is InChI=1S/C22H22FN3OS/c1-26(2)20(16-8-6-9-17(23)14-16)15-25-21(27)19-12-7-13-24-22(19)28-18-10-4-3-5-11-18/h3-14,20H,15H2,1-2H3,(H,25,27). The van der Waals surface area contributed by atoms with E-state index in [4.69, 9.17) is 0 Å². The van der Waals surface area contributed by atoms with Crippen molar-refractivity contribution in [2.75, 3.05) is 20.6 Å². The third-order valence-corrected chi connectivity index (χ3v) is 5.31. The van der Waals surface area contributed by atoms with Gasteiger partial charge in [-0.1, -0.05) is 42.1 Å². The van der Waals surface area contributed by atoms with Gasteiger partial charge in [-0.2, -0.15) is 0 Å². The molecule has 0 aliphatic carbocycles. The van der Waals surface area contributed by atoms with Gasteiger partial charge in [0.05, 0.1) is 11.6 Å². The number of hydrogen-bond acceptors (Lipinski definition) is 4.